The van der Waals surface area contributed by atoms with E-state index in [4.69, 9.17) is 20.2 Å². The molecule has 1 aromatic heterocycles. The first kappa shape index (κ1) is 33.6. The van der Waals surface area contributed by atoms with Gasteiger partial charge in [0.15, 0.2) is 5.78 Å². The lowest BCUT2D eigenvalue weighted by molar-refractivity contribution is -0.137. The molecule has 0 unspecified atom stereocenters. The van der Waals surface area contributed by atoms with E-state index in [1.54, 1.807) is 32.2 Å². The van der Waals surface area contributed by atoms with Gasteiger partial charge in [0.05, 0.1) is 30.7 Å². The Bertz CT molecular complexity index is 1810. The number of imidazole rings is 1. The monoisotopic (exact) mass is 641 g/mol. The van der Waals surface area contributed by atoms with Gasteiger partial charge in [-0.2, -0.15) is 13.2 Å². The maximum Gasteiger partial charge on any atom is 0.416 e. The van der Waals surface area contributed by atoms with Gasteiger partial charge in [0.1, 0.15) is 11.6 Å². The number of aromatic nitrogens is 2. The highest BCUT2D eigenvalue weighted by Gasteiger charge is 2.32. The van der Waals surface area contributed by atoms with Crippen LogP contribution in [0.25, 0.3) is 33.9 Å². The Morgan fingerprint density at radius 2 is 1.51 bits per heavy atom. The first-order valence-corrected chi connectivity index (χ1v) is 15.5. The van der Waals surface area contributed by atoms with Crippen molar-refractivity contribution in [3.63, 3.8) is 0 Å². The molecule has 5 rings (SSSR count). The number of halogens is 3. The van der Waals surface area contributed by atoms with Gasteiger partial charge in [0.25, 0.3) is 0 Å². The number of Topliss-reactive ketones (excluding diaryl/α,β-unsaturated/α-hetero) is 1. The zero-order valence-corrected chi connectivity index (χ0v) is 26.7. The van der Waals surface area contributed by atoms with E-state index in [9.17, 15) is 18.0 Å². The molecule has 0 bridgehead atoms. The summed E-state index contributed by atoms with van der Waals surface area (Å²) in [6.45, 7) is 5.31. The Hall–Kier alpha value is -4.73. The van der Waals surface area contributed by atoms with Crippen molar-refractivity contribution in [2.75, 3.05) is 26.9 Å². The Morgan fingerprint density at radius 1 is 0.830 bits per heavy atom. The van der Waals surface area contributed by atoms with Gasteiger partial charge >= 0.3 is 6.18 Å². The summed E-state index contributed by atoms with van der Waals surface area (Å²) in [5.74, 6) is 1.09. The van der Waals surface area contributed by atoms with E-state index in [0.717, 1.165) is 40.1 Å². The lowest BCUT2D eigenvalue weighted by Gasteiger charge is -2.16. The molecule has 2 N–H and O–H groups in total. The van der Waals surface area contributed by atoms with Crippen molar-refractivity contribution in [1.82, 2.24) is 9.55 Å². The minimum atomic E-state index is -4.52. The Labute approximate surface area is 273 Å². The maximum absolute atomic E-state index is 14.0. The number of hydrogen-bond acceptors (Lipinski definition) is 5. The molecule has 0 saturated carbocycles. The quantitative estimate of drug-likeness (QED) is 0.103. The summed E-state index contributed by atoms with van der Waals surface area (Å²) in [5, 5.41) is 0. The zero-order chi connectivity index (χ0) is 33.6. The molecule has 0 spiro atoms. The molecule has 0 fully saturated rings. The topological polar surface area (TPSA) is 79.4 Å². The smallest absolute Gasteiger partial charge is 0.416 e. The summed E-state index contributed by atoms with van der Waals surface area (Å²) in [5.41, 5.74) is 11.1. The van der Waals surface area contributed by atoms with Gasteiger partial charge < -0.3 is 19.8 Å². The average Bonchev–Trinajstić information content (AvgIpc) is 3.43. The molecule has 0 saturated heterocycles. The van der Waals surface area contributed by atoms with E-state index in [1.165, 1.54) is 0 Å². The first-order chi connectivity index (χ1) is 22.6. The van der Waals surface area contributed by atoms with Crippen LogP contribution in [0.15, 0.2) is 91.0 Å². The predicted molar refractivity (Wildman–Crippen MR) is 179 cm³/mol. The molecule has 9 heteroatoms. The minimum Gasteiger partial charge on any atom is -0.497 e. The second-order valence-electron chi connectivity index (χ2n) is 11.5. The summed E-state index contributed by atoms with van der Waals surface area (Å²) in [6.07, 6.45) is -3.57. The number of rotatable bonds is 13. The SMILES string of the molecule is COc1ccc(-c2c(-c3ccc(C)cc3)nc(-c3cc(C)cc(C(F)(F)F)c3)n2Cc2ccc(C(=O)CCCOCCN)cc2)cc1. The lowest BCUT2D eigenvalue weighted by atomic mass is 10.0. The van der Waals surface area contributed by atoms with E-state index in [2.05, 4.69) is 0 Å². The second-order valence-corrected chi connectivity index (χ2v) is 11.5. The fourth-order valence-electron chi connectivity index (χ4n) is 5.50. The van der Waals surface area contributed by atoms with Gasteiger partial charge in [-0.05, 0) is 73.9 Å². The van der Waals surface area contributed by atoms with Crippen molar-refractivity contribution in [2.24, 2.45) is 5.73 Å². The third-order valence-electron chi connectivity index (χ3n) is 7.89. The average molecular weight is 642 g/mol. The standard InChI is InChI=1S/C38H38F3N3O3/c1-25-6-10-29(11-7-25)35-36(30-14-16-33(46-3)17-15-30)44(37(43-35)31-21-26(2)22-32(23-31)38(39,40)41)24-27-8-12-28(13-9-27)34(45)5-4-19-47-20-18-42/h6-17,21-23H,4-5,18-20,24,42H2,1-3H3. The maximum atomic E-state index is 14.0. The molecule has 0 aliphatic heterocycles. The highest BCUT2D eigenvalue weighted by molar-refractivity contribution is 5.96. The summed E-state index contributed by atoms with van der Waals surface area (Å²) in [7, 11) is 1.59. The van der Waals surface area contributed by atoms with E-state index in [0.29, 0.717) is 73.1 Å². The predicted octanol–water partition coefficient (Wildman–Crippen LogP) is 8.51. The van der Waals surface area contributed by atoms with Crippen LogP contribution in [-0.4, -0.2) is 42.2 Å². The fourth-order valence-corrected chi connectivity index (χ4v) is 5.50. The number of carbonyl (C=O) groups excluding carboxylic acids is 1. The third kappa shape index (κ3) is 8.17. The van der Waals surface area contributed by atoms with Crippen LogP contribution in [0.1, 0.15) is 45.5 Å². The van der Waals surface area contributed by atoms with Crippen molar-refractivity contribution >= 4 is 5.78 Å². The van der Waals surface area contributed by atoms with Crippen LogP contribution < -0.4 is 10.5 Å². The van der Waals surface area contributed by atoms with Crippen molar-refractivity contribution in [3.05, 3.63) is 119 Å². The summed E-state index contributed by atoms with van der Waals surface area (Å²) in [6, 6.07) is 26.8. The van der Waals surface area contributed by atoms with E-state index in [1.807, 2.05) is 72.2 Å². The number of nitrogens with zero attached hydrogens (tertiary/aromatic N) is 2. The number of aryl methyl sites for hydroxylation is 2. The van der Waals surface area contributed by atoms with Crippen LogP contribution in [0, 0.1) is 13.8 Å². The molecule has 0 amide bonds. The molecular formula is C38H38F3N3O3. The molecular weight excluding hydrogens is 603 g/mol. The van der Waals surface area contributed by atoms with Gasteiger partial charge in [-0.25, -0.2) is 4.98 Å². The number of nitrogens with two attached hydrogens (primary N) is 1. The first-order valence-electron chi connectivity index (χ1n) is 15.5. The molecule has 0 aliphatic rings. The molecule has 4 aromatic carbocycles. The molecule has 0 atom stereocenters. The van der Waals surface area contributed by atoms with Gasteiger partial charge in [-0.15, -0.1) is 0 Å². The van der Waals surface area contributed by atoms with Crippen LogP contribution in [-0.2, 0) is 17.5 Å². The summed E-state index contributed by atoms with van der Waals surface area (Å²) in [4.78, 5) is 17.9. The van der Waals surface area contributed by atoms with Crippen LogP contribution >= 0.6 is 0 Å². The molecule has 0 radical (unpaired) electrons. The number of carbonyl (C=O) groups is 1. The number of ketones is 1. The number of alkyl halides is 3. The molecule has 47 heavy (non-hydrogen) atoms. The van der Waals surface area contributed by atoms with Crippen LogP contribution in [0.5, 0.6) is 5.75 Å². The van der Waals surface area contributed by atoms with Crippen molar-refractivity contribution in [1.29, 1.82) is 0 Å². The Kier molecular flexibility index (Phi) is 10.6. The second kappa shape index (κ2) is 14.8. The largest absolute Gasteiger partial charge is 0.497 e. The molecule has 5 aromatic rings. The Morgan fingerprint density at radius 3 is 2.15 bits per heavy atom. The third-order valence-corrected chi connectivity index (χ3v) is 7.89. The lowest BCUT2D eigenvalue weighted by Crippen LogP contribution is -2.10. The number of ether oxygens (including phenoxy) is 2. The molecule has 1 heterocycles. The number of methoxy groups -OCH3 is 1. The van der Waals surface area contributed by atoms with Crippen LogP contribution in [0.2, 0.25) is 0 Å². The summed E-state index contributed by atoms with van der Waals surface area (Å²) < 4.78 is 54.7. The normalized spacial score (nSPS) is 11.6. The molecule has 6 nitrogen and oxygen atoms in total. The van der Waals surface area contributed by atoms with Gasteiger partial charge in [-0.1, -0.05) is 54.1 Å². The molecule has 244 valence electrons. The van der Waals surface area contributed by atoms with Crippen molar-refractivity contribution in [3.8, 4) is 39.7 Å². The number of hydrogen-bond donors (Lipinski definition) is 1. The van der Waals surface area contributed by atoms with Gasteiger partial charge in [-0.3, -0.25) is 4.79 Å². The molecule has 0 aliphatic carbocycles. The highest BCUT2D eigenvalue weighted by atomic mass is 19.4. The fraction of sp³-hybridized carbons (Fsp3) is 0.263. The van der Waals surface area contributed by atoms with E-state index in [-0.39, 0.29) is 5.78 Å². The van der Waals surface area contributed by atoms with Crippen LogP contribution in [0.4, 0.5) is 13.2 Å². The van der Waals surface area contributed by atoms with Crippen molar-refractivity contribution < 1.29 is 27.4 Å². The Balaban J connectivity index is 1.63. The van der Waals surface area contributed by atoms with E-state index < -0.39 is 11.7 Å². The zero-order valence-electron chi connectivity index (χ0n) is 26.7. The van der Waals surface area contributed by atoms with Crippen molar-refractivity contribution in [2.45, 2.75) is 39.4 Å². The van der Waals surface area contributed by atoms with Gasteiger partial charge in [0, 0.05) is 48.4 Å². The number of benzene rings is 4. The van der Waals surface area contributed by atoms with Gasteiger partial charge in [0.2, 0.25) is 0 Å². The van der Waals surface area contributed by atoms with Crippen LogP contribution in [0.3, 0.4) is 0 Å². The highest BCUT2D eigenvalue weighted by Crippen LogP contribution is 2.39. The van der Waals surface area contributed by atoms with E-state index >= 15 is 0 Å². The summed E-state index contributed by atoms with van der Waals surface area (Å²) >= 11 is 0. The minimum absolute atomic E-state index is 0.0104.